The number of halogens is 2. The van der Waals surface area contributed by atoms with E-state index in [9.17, 15) is 0 Å². The summed E-state index contributed by atoms with van der Waals surface area (Å²) >= 11 is 11.5. The molecule has 2 nitrogen and oxygen atoms in total. The first-order chi connectivity index (χ1) is 8.28. The van der Waals surface area contributed by atoms with Gasteiger partial charge in [-0.25, -0.2) is 4.98 Å². The third kappa shape index (κ3) is 3.62. The van der Waals surface area contributed by atoms with Gasteiger partial charge in [-0.1, -0.05) is 29.8 Å². The van der Waals surface area contributed by atoms with Gasteiger partial charge in [-0.2, -0.15) is 0 Å². The maximum absolute atomic E-state index is 5.80. The fourth-order valence-corrected chi connectivity index (χ4v) is 1.60. The predicted octanol–water partition coefficient (Wildman–Crippen LogP) is 4.05. The summed E-state index contributed by atoms with van der Waals surface area (Å²) in [5.74, 6) is 1.05. The van der Waals surface area contributed by atoms with Gasteiger partial charge >= 0.3 is 0 Å². The minimum atomic E-state index is 0.463. The standard InChI is InChI=1S/C13H11Cl2NO/c14-7-11-3-6-13(16-8-11)17-9-10-1-4-12(15)5-2-10/h1-6,8H,7,9H2. The maximum Gasteiger partial charge on any atom is 0.213 e. The number of hydrogen-bond acceptors (Lipinski definition) is 2. The van der Waals surface area contributed by atoms with Gasteiger partial charge in [0.1, 0.15) is 6.61 Å². The highest BCUT2D eigenvalue weighted by Crippen LogP contribution is 2.13. The zero-order valence-electron chi connectivity index (χ0n) is 9.07. The minimum absolute atomic E-state index is 0.463. The van der Waals surface area contributed by atoms with Crippen molar-refractivity contribution < 1.29 is 4.74 Å². The largest absolute Gasteiger partial charge is 0.473 e. The molecule has 0 radical (unpaired) electrons. The normalized spacial score (nSPS) is 10.2. The van der Waals surface area contributed by atoms with Gasteiger partial charge < -0.3 is 4.74 Å². The van der Waals surface area contributed by atoms with Gasteiger partial charge in [-0.05, 0) is 23.3 Å². The van der Waals surface area contributed by atoms with Crippen molar-refractivity contribution in [2.24, 2.45) is 0 Å². The van der Waals surface area contributed by atoms with E-state index in [0.29, 0.717) is 18.4 Å². The SMILES string of the molecule is ClCc1ccc(OCc2ccc(Cl)cc2)nc1. The Kier molecular flexibility index (Phi) is 4.24. The van der Waals surface area contributed by atoms with Crippen LogP contribution in [0, 0.1) is 0 Å². The van der Waals surface area contributed by atoms with Crippen molar-refractivity contribution in [1.29, 1.82) is 0 Å². The molecule has 0 bridgehead atoms. The quantitative estimate of drug-likeness (QED) is 0.780. The van der Waals surface area contributed by atoms with Crippen LogP contribution in [0.15, 0.2) is 42.6 Å². The van der Waals surface area contributed by atoms with Gasteiger partial charge in [-0.3, -0.25) is 0 Å². The fraction of sp³-hybridized carbons (Fsp3) is 0.154. The first-order valence-corrected chi connectivity index (χ1v) is 6.07. The van der Waals surface area contributed by atoms with Crippen molar-refractivity contribution in [2.45, 2.75) is 12.5 Å². The van der Waals surface area contributed by atoms with E-state index >= 15 is 0 Å². The van der Waals surface area contributed by atoms with Crippen LogP contribution in [0.25, 0.3) is 0 Å². The number of ether oxygens (including phenoxy) is 1. The maximum atomic E-state index is 5.80. The van der Waals surface area contributed by atoms with Crippen molar-refractivity contribution in [1.82, 2.24) is 4.98 Å². The third-order valence-electron chi connectivity index (χ3n) is 2.25. The van der Waals surface area contributed by atoms with E-state index in [1.807, 2.05) is 36.4 Å². The molecule has 0 amide bonds. The molecule has 1 heterocycles. The van der Waals surface area contributed by atoms with E-state index in [-0.39, 0.29) is 0 Å². The zero-order valence-corrected chi connectivity index (χ0v) is 10.6. The van der Waals surface area contributed by atoms with Crippen LogP contribution < -0.4 is 4.74 Å². The minimum Gasteiger partial charge on any atom is -0.473 e. The fourth-order valence-electron chi connectivity index (χ4n) is 1.31. The van der Waals surface area contributed by atoms with Crippen LogP contribution in [0.3, 0.4) is 0 Å². The molecule has 17 heavy (non-hydrogen) atoms. The van der Waals surface area contributed by atoms with Crippen LogP contribution >= 0.6 is 23.2 Å². The predicted molar refractivity (Wildman–Crippen MR) is 69.6 cm³/mol. The molecule has 0 saturated carbocycles. The van der Waals surface area contributed by atoms with E-state index in [2.05, 4.69) is 4.98 Å². The molecule has 88 valence electrons. The van der Waals surface area contributed by atoms with Crippen LogP contribution in [0.1, 0.15) is 11.1 Å². The van der Waals surface area contributed by atoms with Crippen LogP contribution in [-0.4, -0.2) is 4.98 Å². The lowest BCUT2D eigenvalue weighted by atomic mass is 10.2. The summed E-state index contributed by atoms with van der Waals surface area (Å²) in [6.45, 7) is 0.477. The van der Waals surface area contributed by atoms with Gasteiger partial charge in [0.05, 0.1) is 0 Å². The Balaban J connectivity index is 1.95. The number of benzene rings is 1. The van der Waals surface area contributed by atoms with Crippen LogP contribution in [0.5, 0.6) is 5.88 Å². The van der Waals surface area contributed by atoms with Gasteiger partial charge in [0.25, 0.3) is 0 Å². The Bertz CT molecular complexity index is 468. The van der Waals surface area contributed by atoms with Crippen molar-refractivity contribution >= 4 is 23.2 Å². The molecule has 4 heteroatoms. The molecule has 0 aliphatic carbocycles. The monoisotopic (exact) mass is 267 g/mol. The van der Waals surface area contributed by atoms with Crippen molar-refractivity contribution in [3.05, 3.63) is 58.7 Å². The van der Waals surface area contributed by atoms with Gasteiger partial charge in [0, 0.05) is 23.2 Å². The lowest BCUT2D eigenvalue weighted by molar-refractivity contribution is 0.294. The number of nitrogens with zero attached hydrogens (tertiary/aromatic N) is 1. The lowest BCUT2D eigenvalue weighted by Crippen LogP contribution is -1.97. The molecular formula is C13H11Cl2NO. The second-order valence-electron chi connectivity index (χ2n) is 3.55. The van der Waals surface area contributed by atoms with Gasteiger partial charge in [0.2, 0.25) is 5.88 Å². The third-order valence-corrected chi connectivity index (χ3v) is 2.81. The van der Waals surface area contributed by atoms with Gasteiger partial charge in [0.15, 0.2) is 0 Å². The zero-order chi connectivity index (χ0) is 12.1. The highest BCUT2D eigenvalue weighted by molar-refractivity contribution is 6.30. The molecule has 0 N–H and O–H groups in total. The molecule has 0 fully saturated rings. The number of alkyl halides is 1. The average Bonchev–Trinajstić information content (AvgIpc) is 2.39. The molecule has 0 spiro atoms. The van der Waals surface area contributed by atoms with E-state index in [4.69, 9.17) is 27.9 Å². The van der Waals surface area contributed by atoms with Crippen molar-refractivity contribution in [3.63, 3.8) is 0 Å². The van der Waals surface area contributed by atoms with E-state index in [1.165, 1.54) is 0 Å². The summed E-state index contributed by atoms with van der Waals surface area (Å²) in [7, 11) is 0. The molecule has 2 rings (SSSR count). The summed E-state index contributed by atoms with van der Waals surface area (Å²) < 4.78 is 5.53. The molecule has 1 aromatic carbocycles. The first kappa shape index (κ1) is 12.2. The van der Waals surface area contributed by atoms with Crippen LogP contribution in [-0.2, 0) is 12.5 Å². The summed E-state index contributed by atoms with van der Waals surface area (Å²) in [5.41, 5.74) is 2.03. The van der Waals surface area contributed by atoms with Crippen LogP contribution in [0.4, 0.5) is 0 Å². The molecule has 0 aliphatic heterocycles. The van der Waals surface area contributed by atoms with E-state index in [0.717, 1.165) is 16.1 Å². The Morgan fingerprint density at radius 1 is 1.00 bits per heavy atom. The summed E-state index contributed by atoms with van der Waals surface area (Å²) in [6, 6.07) is 11.2. The first-order valence-electron chi connectivity index (χ1n) is 5.16. The molecule has 2 aromatic rings. The summed E-state index contributed by atoms with van der Waals surface area (Å²) in [6.07, 6.45) is 1.71. The number of pyridine rings is 1. The van der Waals surface area contributed by atoms with E-state index < -0.39 is 0 Å². The lowest BCUT2D eigenvalue weighted by Gasteiger charge is -2.05. The number of hydrogen-bond donors (Lipinski definition) is 0. The smallest absolute Gasteiger partial charge is 0.213 e. The molecule has 0 aliphatic rings. The summed E-state index contributed by atoms with van der Waals surface area (Å²) in [5, 5.41) is 0.721. The number of rotatable bonds is 4. The molecule has 0 atom stereocenters. The van der Waals surface area contributed by atoms with Crippen molar-refractivity contribution in [2.75, 3.05) is 0 Å². The average molecular weight is 268 g/mol. The van der Waals surface area contributed by atoms with Gasteiger partial charge in [-0.15, -0.1) is 11.6 Å². The topological polar surface area (TPSA) is 22.1 Å². The Morgan fingerprint density at radius 3 is 2.29 bits per heavy atom. The Labute approximate surface area is 110 Å². The van der Waals surface area contributed by atoms with Crippen LogP contribution in [0.2, 0.25) is 5.02 Å². The second-order valence-corrected chi connectivity index (χ2v) is 4.26. The van der Waals surface area contributed by atoms with Crippen molar-refractivity contribution in [3.8, 4) is 5.88 Å². The second kappa shape index (κ2) is 5.89. The molecule has 0 saturated heterocycles. The molecule has 0 unspecified atom stereocenters. The highest BCUT2D eigenvalue weighted by Gasteiger charge is 1.98. The Morgan fingerprint density at radius 2 is 1.71 bits per heavy atom. The molecular weight excluding hydrogens is 257 g/mol. The summed E-state index contributed by atoms with van der Waals surface area (Å²) in [4.78, 5) is 4.15. The van der Waals surface area contributed by atoms with E-state index in [1.54, 1.807) is 6.20 Å². The highest BCUT2D eigenvalue weighted by atomic mass is 35.5. The molecule has 1 aromatic heterocycles. The number of aromatic nitrogens is 1. The Hall–Kier alpha value is -1.25.